The lowest BCUT2D eigenvalue weighted by Crippen LogP contribution is -2.36. The average molecular weight is 415 g/mol. The van der Waals surface area contributed by atoms with Crippen LogP contribution in [-0.4, -0.2) is 41.7 Å². The third kappa shape index (κ3) is 5.28. The minimum absolute atomic E-state index is 0.184. The number of piperidine rings is 1. The van der Waals surface area contributed by atoms with E-state index in [-0.39, 0.29) is 12.0 Å². The zero-order chi connectivity index (χ0) is 20.1. The monoisotopic (exact) mass is 414 g/mol. The minimum atomic E-state index is -0.220. The van der Waals surface area contributed by atoms with Gasteiger partial charge >= 0.3 is 0 Å². The van der Waals surface area contributed by atoms with Gasteiger partial charge in [-0.05, 0) is 43.7 Å². The van der Waals surface area contributed by atoms with Crippen LogP contribution in [0.4, 0.5) is 16.5 Å². The molecular formula is C22H30N4O2S. The van der Waals surface area contributed by atoms with Crippen molar-refractivity contribution in [2.75, 3.05) is 35.2 Å². The Morgan fingerprint density at radius 1 is 1.14 bits per heavy atom. The van der Waals surface area contributed by atoms with Gasteiger partial charge in [-0.2, -0.15) is 0 Å². The summed E-state index contributed by atoms with van der Waals surface area (Å²) >= 11 is 1.49. The number of aliphatic hydroxyl groups is 1. The van der Waals surface area contributed by atoms with Crippen LogP contribution in [0.3, 0.4) is 0 Å². The maximum atomic E-state index is 12.8. The number of thiazole rings is 1. The molecule has 1 aliphatic heterocycles. The summed E-state index contributed by atoms with van der Waals surface area (Å²) in [4.78, 5) is 19.5. The molecule has 29 heavy (non-hydrogen) atoms. The number of hydrogen-bond acceptors (Lipinski definition) is 6. The van der Waals surface area contributed by atoms with E-state index in [4.69, 9.17) is 0 Å². The fourth-order valence-electron chi connectivity index (χ4n) is 4.23. The molecule has 1 amide bonds. The zero-order valence-electron chi connectivity index (χ0n) is 16.8. The highest BCUT2D eigenvalue weighted by atomic mass is 32.1. The molecule has 1 aromatic heterocycles. The van der Waals surface area contributed by atoms with Crippen LogP contribution in [0.1, 0.15) is 55.4 Å². The van der Waals surface area contributed by atoms with E-state index in [0.29, 0.717) is 5.69 Å². The van der Waals surface area contributed by atoms with Gasteiger partial charge in [0.1, 0.15) is 5.69 Å². The first kappa shape index (κ1) is 20.2. The van der Waals surface area contributed by atoms with Crippen molar-refractivity contribution < 1.29 is 9.90 Å². The molecule has 0 bridgehead atoms. The third-order valence-electron chi connectivity index (χ3n) is 5.96. The standard InChI is InChI=1S/C22H30N4O2S/c27-17-10-12-26(13-11-17)20-9-5-4-8-18(20)24-21(28)19-15-29-22(25-19)23-14-16-6-2-1-3-7-16/h4-5,8-9,15-17,27H,1-3,6-7,10-14H2,(H,23,25)(H,24,28). The van der Waals surface area contributed by atoms with Gasteiger partial charge in [-0.3, -0.25) is 4.79 Å². The summed E-state index contributed by atoms with van der Waals surface area (Å²) in [7, 11) is 0. The summed E-state index contributed by atoms with van der Waals surface area (Å²) in [5.74, 6) is 0.538. The number of anilines is 3. The average Bonchev–Trinajstić information content (AvgIpc) is 3.23. The van der Waals surface area contributed by atoms with Gasteiger partial charge in [0.15, 0.2) is 5.13 Å². The number of aliphatic hydroxyl groups excluding tert-OH is 1. The SMILES string of the molecule is O=C(Nc1ccccc1N1CCC(O)CC1)c1csc(NCC2CCCCC2)n1. The highest BCUT2D eigenvalue weighted by Crippen LogP contribution is 2.29. The van der Waals surface area contributed by atoms with Crippen molar-refractivity contribution in [2.45, 2.75) is 51.0 Å². The van der Waals surface area contributed by atoms with E-state index in [1.165, 1.54) is 43.4 Å². The Kier molecular flexibility index (Phi) is 6.67. The lowest BCUT2D eigenvalue weighted by atomic mass is 9.89. The van der Waals surface area contributed by atoms with Crippen LogP contribution in [0.5, 0.6) is 0 Å². The topological polar surface area (TPSA) is 77.5 Å². The number of hydrogen-bond donors (Lipinski definition) is 3. The molecule has 2 aromatic rings. The van der Waals surface area contributed by atoms with Crippen LogP contribution in [-0.2, 0) is 0 Å². The fourth-order valence-corrected chi connectivity index (χ4v) is 4.93. The molecule has 0 spiro atoms. The highest BCUT2D eigenvalue weighted by molar-refractivity contribution is 7.13. The van der Waals surface area contributed by atoms with Gasteiger partial charge in [0.2, 0.25) is 0 Å². The quantitative estimate of drug-likeness (QED) is 0.655. The first-order valence-electron chi connectivity index (χ1n) is 10.7. The largest absolute Gasteiger partial charge is 0.393 e. The molecule has 7 heteroatoms. The van der Waals surface area contributed by atoms with Crippen molar-refractivity contribution in [1.82, 2.24) is 4.98 Å². The number of aromatic nitrogens is 1. The van der Waals surface area contributed by atoms with Crippen molar-refractivity contribution in [2.24, 2.45) is 5.92 Å². The Labute approximate surface area is 176 Å². The molecule has 1 saturated carbocycles. The zero-order valence-corrected chi connectivity index (χ0v) is 17.6. The Balaban J connectivity index is 1.36. The number of amides is 1. The smallest absolute Gasteiger partial charge is 0.275 e. The Bertz CT molecular complexity index is 811. The number of benzene rings is 1. The van der Waals surface area contributed by atoms with Crippen LogP contribution in [0.2, 0.25) is 0 Å². The maximum Gasteiger partial charge on any atom is 0.275 e. The van der Waals surface area contributed by atoms with Crippen LogP contribution >= 0.6 is 11.3 Å². The number of rotatable bonds is 6. The van der Waals surface area contributed by atoms with E-state index >= 15 is 0 Å². The Morgan fingerprint density at radius 2 is 1.90 bits per heavy atom. The molecule has 4 rings (SSSR count). The second-order valence-corrected chi connectivity index (χ2v) is 8.97. The van der Waals surface area contributed by atoms with Crippen molar-refractivity contribution in [3.05, 3.63) is 35.3 Å². The third-order valence-corrected chi connectivity index (χ3v) is 6.76. The van der Waals surface area contributed by atoms with E-state index < -0.39 is 0 Å². The molecule has 2 aliphatic rings. The number of carbonyl (C=O) groups excluding carboxylic acids is 1. The summed E-state index contributed by atoms with van der Waals surface area (Å²) in [6.45, 7) is 2.53. The predicted octanol–water partition coefficient (Wildman–Crippen LogP) is 4.35. The van der Waals surface area contributed by atoms with Crippen LogP contribution in [0.25, 0.3) is 0 Å². The molecule has 3 N–H and O–H groups in total. The van der Waals surface area contributed by atoms with Crippen molar-refractivity contribution in [1.29, 1.82) is 0 Å². The summed E-state index contributed by atoms with van der Waals surface area (Å²) < 4.78 is 0. The number of para-hydroxylation sites is 2. The van der Waals surface area contributed by atoms with Gasteiger partial charge in [0, 0.05) is 25.0 Å². The predicted molar refractivity (Wildman–Crippen MR) is 119 cm³/mol. The number of carbonyl (C=O) groups is 1. The molecule has 1 saturated heterocycles. The molecule has 6 nitrogen and oxygen atoms in total. The van der Waals surface area contributed by atoms with E-state index in [1.54, 1.807) is 0 Å². The number of nitrogens with zero attached hydrogens (tertiary/aromatic N) is 2. The lowest BCUT2D eigenvalue weighted by Gasteiger charge is -2.32. The molecule has 0 atom stereocenters. The second-order valence-electron chi connectivity index (χ2n) is 8.11. The van der Waals surface area contributed by atoms with Crippen LogP contribution < -0.4 is 15.5 Å². The fraction of sp³-hybridized carbons (Fsp3) is 0.545. The van der Waals surface area contributed by atoms with Gasteiger partial charge in [-0.15, -0.1) is 11.3 Å². The van der Waals surface area contributed by atoms with Gasteiger partial charge < -0.3 is 20.6 Å². The van der Waals surface area contributed by atoms with Gasteiger partial charge in [-0.25, -0.2) is 4.98 Å². The molecule has 0 unspecified atom stereocenters. The Morgan fingerprint density at radius 3 is 2.69 bits per heavy atom. The van der Waals surface area contributed by atoms with E-state index in [1.807, 2.05) is 29.6 Å². The molecule has 1 aliphatic carbocycles. The maximum absolute atomic E-state index is 12.8. The molecular weight excluding hydrogens is 384 g/mol. The molecule has 0 radical (unpaired) electrons. The highest BCUT2D eigenvalue weighted by Gasteiger charge is 2.21. The van der Waals surface area contributed by atoms with Crippen molar-refractivity contribution in [3.8, 4) is 0 Å². The van der Waals surface area contributed by atoms with Crippen LogP contribution in [0, 0.1) is 5.92 Å². The van der Waals surface area contributed by atoms with E-state index in [2.05, 4.69) is 20.5 Å². The summed E-state index contributed by atoms with van der Waals surface area (Å²) in [5, 5.41) is 18.8. The lowest BCUT2D eigenvalue weighted by molar-refractivity contribution is 0.102. The van der Waals surface area contributed by atoms with E-state index in [0.717, 1.165) is 54.9 Å². The second kappa shape index (κ2) is 9.59. The normalized spacial score (nSPS) is 18.6. The number of nitrogens with one attached hydrogen (secondary N) is 2. The molecule has 1 aromatic carbocycles. The summed E-state index contributed by atoms with van der Waals surface area (Å²) in [6.07, 6.45) is 7.88. The van der Waals surface area contributed by atoms with Gasteiger partial charge in [0.25, 0.3) is 5.91 Å². The van der Waals surface area contributed by atoms with Gasteiger partial charge in [-0.1, -0.05) is 31.4 Å². The van der Waals surface area contributed by atoms with Crippen LogP contribution in [0.15, 0.2) is 29.6 Å². The first-order chi connectivity index (χ1) is 14.2. The first-order valence-corrected chi connectivity index (χ1v) is 11.6. The summed E-state index contributed by atoms with van der Waals surface area (Å²) in [5.41, 5.74) is 2.24. The Hall–Kier alpha value is -2.12. The molecule has 2 heterocycles. The molecule has 2 fully saturated rings. The van der Waals surface area contributed by atoms with Crippen molar-refractivity contribution >= 4 is 33.8 Å². The molecule has 156 valence electrons. The van der Waals surface area contributed by atoms with Gasteiger partial charge in [0.05, 0.1) is 17.5 Å². The van der Waals surface area contributed by atoms with E-state index in [9.17, 15) is 9.90 Å². The van der Waals surface area contributed by atoms with Crippen molar-refractivity contribution in [3.63, 3.8) is 0 Å². The summed E-state index contributed by atoms with van der Waals surface area (Å²) in [6, 6.07) is 7.85. The minimum Gasteiger partial charge on any atom is -0.393 e.